The number of halogens is 2. The minimum Gasteiger partial charge on any atom is -0.369 e. The number of hydrogen-bond acceptors (Lipinski definition) is 3. The Labute approximate surface area is 125 Å². The number of hydrogen-bond donors (Lipinski definition) is 1. The molecule has 0 aromatic carbocycles. The van der Waals surface area contributed by atoms with E-state index in [2.05, 4.69) is 36.0 Å². The van der Waals surface area contributed by atoms with Crippen LogP contribution in [0.15, 0.2) is 6.07 Å². The van der Waals surface area contributed by atoms with E-state index in [9.17, 15) is 0 Å². The topological polar surface area (TPSA) is 28.2 Å². The maximum absolute atomic E-state index is 6.29. The van der Waals surface area contributed by atoms with E-state index in [1.54, 1.807) is 6.07 Å². The molecule has 2 rings (SSSR count). The molecule has 1 saturated heterocycles. The lowest BCUT2D eigenvalue weighted by molar-refractivity contribution is 0.418. The maximum atomic E-state index is 6.29. The quantitative estimate of drug-likeness (QED) is 0.891. The number of rotatable bonds is 4. The standard InChI is InChI=1S/C14H21Cl2N3/c1-4-6-17-12-10(15)8-11(16)13(18-12)19-7-5-14(2,3)9-19/h8H,4-7,9H2,1-3H3,(H,17,18). The first-order valence-corrected chi connectivity index (χ1v) is 7.53. The molecule has 106 valence electrons. The van der Waals surface area contributed by atoms with Crippen molar-refractivity contribution in [3.63, 3.8) is 0 Å². The third-order valence-electron chi connectivity index (χ3n) is 3.43. The second-order valence-corrected chi connectivity index (χ2v) is 6.70. The van der Waals surface area contributed by atoms with Crippen LogP contribution in [0, 0.1) is 5.41 Å². The molecule has 0 bridgehead atoms. The highest BCUT2D eigenvalue weighted by Crippen LogP contribution is 2.37. The van der Waals surface area contributed by atoms with Crippen molar-refractivity contribution >= 4 is 34.8 Å². The van der Waals surface area contributed by atoms with Crippen LogP contribution in [0.4, 0.5) is 11.6 Å². The molecule has 0 spiro atoms. The van der Waals surface area contributed by atoms with Gasteiger partial charge in [0.2, 0.25) is 0 Å². The molecule has 19 heavy (non-hydrogen) atoms. The molecule has 0 atom stereocenters. The Balaban J connectivity index is 2.25. The van der Waals surface area contributed by atoms with Crippen LogP contribution in [0.1, 0.15) is 33.6 Å². The van der Waals surface area contributed by atoms with Crippen LogP contribution in [0.3, 0.4) is 0 Å². The predicted molar refractivity (Wildman–Crippen MR) is 83.6 cm³/mol. The van der Waals surface area contributed by atoms with Gasteiger partial charge in [0.25, 0.3) is 0 Å². The van der Waals surface area contributed by atoms with Crippen LogP contribution in [-0.4, -0.2) is 24.6 Å². The lowest BCUT2D eigenvalue weighted by Crippen LogP contribution is -2.24. The third-order valence-corrected chi connectivity index (χ3v) is 4.00. The summed E-state index contributed by atoms with van der Waals surface area (Å²) in [6, 6.07) is 1.79. The van der Waals surface area contributed by atoms with Crippen molar-refractivity contribution < 1.29 is 0 Å². The highest BCUT2D eigenvalue weighted by molar-refractivity contribution is 6.37. The molecule has 1 aromatic heterocycles. The molecular formula is C14H21Cl2N3. The van der Waals surface area contributed by atoms with Crippen LogP contribution in [0.5, 0.6) is 0 Å². The first kappa shape index (κ1) is 14.7. The Hall–Kier alpha value is -0.670. The monoisotopic (exact) mass is 301 g/mol. The number of pyridine rings is 1. The second-order valence-electron chi connectivity index (χ2n) is 5.89. The molecule has 2 heterocycles. The summed E-state index contributed by atoms with van der Waals surface area (Å²) in [7, 11) is 0. The Kier molecular flexibility index (Phi) is 4.46. The van der Waals surface area contributed by atoms with E-state index in [0.717, 1.165) is 44.1 Å². The zero-order valence-electron chi connectivity index (χ0n) is 11.8. The summed E-state index contributed by atoms with van der Waals surface area (Å²) in [4.78, 5) is 6.85. The molecule has 0 amide bonds. The van der Waals surface area contributed by atoms with Crippen molar-refractivity contribution in [2.75, 3.05) is 29.9 Å². The average molecular weight is 302 g/mol. The van der Waals surface area contributed by atoms with Gasteiger partial charge in [-0.2, -0.15) is 0 Å². The van der Waals surface area contributed by atoms with E-state index < -0.39 is 0 Å². The van der Waals surface area contributed by atoms with E-state index in [1.165, 1.54) is 0 Å². The van der Waals surface area contributed by atoms with Crippen molar-refractivity contribution in [3.8, 4) is 0 Å². The molecular weight excluding hydrogens is 281 g/mol. The summed E-state index contributed by atoms with van der Waals surface area (Å²) >= 11 is 12.5. The fourth-order valence-electron chi connectivity index (χ4n) is 2.34. The summed E-state index contributed by atoms with van der Waals surface area (Å²) < 4.78 is 0. The number of nitrogens with one attached hydrogen (secondary N) is 1. The van der Waals surface area contributed by atoms with E-state index in [4.69, 9.17) is 23.2 Å². The molecule has 1 aliphatic rings. The number of aromatic nitrogens is 1. The van der Waals surface area contributed by atoms with Crippen LogP contribution >= 0.6 is 23.2 Å². The lowest BCUT2D eigenvalue weighted by Gasteiger charge is -2.22. The molecule has 1 aliphatic heterocycles. The lowest BCUT2D eigenvalue weighted by atomic mass is 9.93. The van der Waals surface area contributed by atoms with Gasteiger partial charge < -0.3 is 10.2 Å². The van der Waals surface area contributed by atoms with Gasteiger partial charge in [-0.1, -0.05) is 44.0 Å². The summed E-state index contributed by atoms with van der Waals surface area (Å²) in [6.45, 7) is 9.49. The predicted octanol–water partition coefficient (Wildman–Crippen LogP) is 4.45. The Morgan fingerprint density at radius 1 is 1.37 bits per heavy atom. The van der Waals surface area contributed by atoms with Crippen molar-refractivity contribution in [3.05, 3.63) is 16.1 Å². The van der Waals surface area contributed by atoms with Crippen LogP contribution in [0.2, 0.25) is 10.0 Å². The van der Waals surface area contributed by atoms with Gasteiger partial charge in [0.1, 0.15) is 11.6 Å². The van der Waals surface area contributed by atoms with E-state index >= 15 is 0 Å². The molecule has 1 fully saturated rings. The van der Waals surface area contributed by atoms with E-state index in [1.807, 2.05) is 0 Å². The zero-order valence-corrected chi connectivity index (χ0v) is 13.3. The smallest absolute Gasteiger partial charge is 0.149 e. The first-order valence-electron chi connectivity index (χ1n) is 6.78. The van der Waals surface area contributed by atoms with E-state index in [-0.39, 0.29) is 0 Å². The SMILES string of the molecule is CCCNc1nc(N2CCC(C)(C)C2)c(Cl)cc1Cl. The Morgan fingerprint density at radius 2 is 2.11 bits per heavy atom. The molecule has 5 heteroatoms. The van der Waals surface area contributed by atoms with Crippen LogP contribution in [-0.2, 0) is 0 Å². The second kappa shape index (κ2) is 5.76. The Bertz CT molecular complexity index is 460. The van der Waals surface area contributed by atoms with Crippen LogP contribution in [0.25, 0.3) is 0 Å². The zero-order chi connectivity index (χ0) is 14.0. The highest BCUT2D eigenvalue weighted by Gasteiger charge is 2.31. The fraction of sp³-hybridized carbons (Fsp3) is 0.643. The van der Waals surface area contributed by atoms with Gasteiger partial charge in [-0.15, -0.1) is 0 Å². The molecule has 0 unspecified atom stereocenters. The minimum atomic E-state index is 0.321. The largest absolute Gasteiger partial charge is 0.369 e. The van der Waals surface area contributed by atoms with Gasteiger partial charge in [0.15, 0.2) is 0 Å². The fourth-order valence-corrected chi connectivity index (χ4v) is 2.88. The normalized spacial score (nSPS) is 17.8. The van der Waals surface area contributed by atoms with Crippen molar-refractivity contribution in [2.24, 2.45) is 5.41 Å². The first-order chi connectivity index (χ1) is 8.93. The van der Waals surface area contributed by atoms with Crippen molar-refractivity contribution in [1.29, 1.82) is 0 Å². The molecule has 0 radical (unpaired) electrons. The van der Waals surface area contributed by atoms with Crippen molar-refractivity contribution in [1.82, 2.24) is 4.98 Å². The molecule has 3 nitrogen and oxygen atoms in total. The van der Waals surface area contributed by atoms with Crippen LogP contribution < -0.4 is 10.2 Å². The van der Waals surface area contributed by atoms with Gasteiger partial charge in [-0.3, -0.25) is 0 Å². The molecule has 0 saturated carbocycles. The molecule has 1 N–H and O–H groups in total. The summed E-state index contributed by atoms with van der Waals surface area (Å²) in [5.41, 5.74) is 0.321. The summed E-state index contributed by atoms with van der Waals surface area (Å²) in [5.74, 6) is 1.57. The number of nitrogens with zero attached hydrogens (tertiary/aromatic N) is 2. The summed E-state index contributed by atoms with van der Waals surface area (Å²) in [5, 5.41) is 4.46. The Morgan fingerprint density at radius 3 is 2.68 bits per heavy atom. The average Bonchev–Trinajstić information content (AvgIpc) is 2.68. The highest BCUT2D eigenvalue weighted by atomic mass is 35.5. The van der Waals surface area contributed by atoms with Gasteiger partial charge in [-0.05, 0) is 24.3 Å². The summed E-state index contributed by atoms with van der Waals surface area (Å²) in [6.07, 6.45) is 2.19. The van der Waals surface area contributed by atoms with Gasteiger partial charge in [0, 0.05) is 19.6 Å². The van der Waals surface area contributed by atoms with Gasteiger partial charge in [0.05, 0.1) is 10.0 Å². The maximum Gasteiger partial charge on any atom is 0.149 e. The van der Waals surface area contributed by atoms with Gasteiger partial charge in [-0.25, -0.2) is 4.98 Å². The third kappa shape index (κ3) is 3.46. The van der Waals surface area contributed by atoms with E-state index in [0.29, 0.717) is 15.5 Å². The van der Waals surface area contributed by atoms with Gasteiger partial charge >= 0.3 is 0 Å². The molecule has 1 aromatic rings. The molecule has 0 aliphatic carbocycles. The minimum absolute atomic E-state index is 0.321. The van der Waals surface area contributed by atoms with Crippen molar-refractivity contribution in [2.45, 2.75) is 33.6 Å². The number of anilines is 2.